The maximum Gasteiger partial charge on any atom is 0.224 e. The molecule has 3 aliphatic rings. The third-order valence-corrected chi connectivity index (χ3v) is 5.44. The van der Waals surface area contributed by atoms with E-state index in [1.54, 1.807) is 0 Å². The first-order valence-electron chi connectivity index (χ1n) is 8.44. The van der Waals surface area contributed by atoms with Crippen LogP contribution in [0.15, 0.2) is 24.3 Å². The Balaban J connectivity index is 1.58. The number of nitrogens with one attached hydrogen (secondary N) is 1. The van der Waals surface area contributed by atoms with E-state index >= 15 is 0 Å². The van der Waals surface area contributed by atoms with Crippen molar-refractivity contribution < 1.29 is 14.3 Å². The summed E-state index contributed by atoms with van der Waals surface area (Å²) in [7, 11) is 0. The van der Waals surface area contributed by atoms with E-state index in [0.717, 1.165) is 12.8 Å². The van der Waals surface area contributed by atoms with E-state index < -0.39 is 5.60 Å². The topological polar surface area (TPSA) is 55.4 Å². The minimum Gasteiger partial charge on any atom is -0.486 e. The Morgan fingerprint density at radius 1 is 1.30 bits per heavy atom. The number of carbonyl (C=O) groups is 2. The van der Waals surface area contributed by atoms with Crippen LogP contribution in [0, 0.1) is 17.8 Å². The van der Waals surface area contributed by atoms with Crippen LogP contribution >= 0.6 is 0 Å². The molecule has 0 unspecified atom stereocenters. The van der Waals surface area contributed by atoms with Crippen molar-refractivity contribution in [2.75, 3.05) is 0 Å². The van der Waals surface area contributed by atoms with Crippen molar-refractivity contribution in [1.29, 1.82) is 0 Å². The lowest BCUT2D eigenvalue weighted by molar-refractivity contribution is -0.125. The summed E-state index contributed by atoms with van der Waals surface area (Å²) >= 11 is 0. The van der Waals surface area contributed by atoms with Crippen LogP contribution in [-0.4, -0.2) is 22.8 Å². The summed E-state index contributed by atoms with van der Waals surface area (Å²) < 4.78 is 6.31. The lowest BCUT2D eigenvalue weighted by Gasteiger charge is -2.37. The molecular formula is C19H23NO3. The molecule has 2 aliphatic carbocycles. The molecule has 1 amide bonds. The first-order valence-corrected chi connectivity index (χ1v) is 8.44. The van der Waals surface area contributed by atoms with Crippen LogP contribution in [0.5, 0.6) is 5.75 Å². The molecule has 0 saturated heterocycles. The molecule has 0 aromatic heterocycles. The molecule has 2 saturated carbocycles. The molecule has 0 bridgehead atoms. The fraction of sp³-hybridized carbons (Fsp3) is 0.579. The van der Waals surface area contributed by atoms with Crippen molar-refractivity contribution in [2.45, 2.75) is 51.2 Å². The molecule has 1 spiro atoms. The number of hydrogen-bond donors (Lipinski definition) is 1. The van der Waals surface area contributed by atoms with E-state index in [2.05, 4.69) is 5.32 Å². The van der Waals surface area contributed by atoms with Crippen molar-refractivity contribution in [3.8, 4) is 5.75 Å². The van der Waals surface area contributed by atoms with Gasteiger partial charge in [0.05, 0.1) is 12.0 Å². The summed E-state index contributed by atoms with van der Waals surface area (Å²) in [4.78, 5) is 25.1. The molecule has 1 aliphatic heterocycles. The van der Waals surface area contributed by atoms with Gasteiger partial charge < -0.3 is 10.1 Å². The number of Topliss-reactive ketones (excluding diaryl/α,β-unsaturated/α-hetero) is 1. The summed E-state index contributed by atoms with van der Waals surface area (Å²) in [6.07, 6.45) is 2.26. The average molecular weight is 313 g/mol. The summed E-state index contributed by atoms with van der Waals surface area (Å²) in [5.74, 6) is 1.50. The quantitative estimate of drug-likeness (QED) is 0.867. The number of carbonyl (C=O) groups excluding carboxylic acids is 2. The Morgan fingerprint density at radius 2 is 2.04 bits per heavy atom. The Hall–Kier alpha value is -1.84. The highest BCUT2D eigenvalue weighted by Gasteiger charge is 2.70. The molecular weight excluding hydrogens is 290 g/mol. The van der Waals surface area contributed by atoms with E-state index in [9.17, 15) is 9.59 Å². The highest BCUT2D eigenvalue weighted by Crippen LogP contribution is 2.65. The molecule has 1 aromatic carbocycles. The monoisotopic (exact) mass is 313 g/mol. The van der Waals surface area contributed by atoms with Gasteiger partial charge in [0.2, 0.25) is 5.91 Å². The Labute approximate surface area is 136 Å². The van der Waals surface area contributed by atoms with Crippen molar-refractivity contribution in [3.63, 3.8) is 0 Å². The third kappa shape index (κ3) is 2.27. The third-order valence-electron chi connectivity index (χ3n) is 5.44. The molecule has 0 radical (unpaired) electrons. The molecule has 4 rings (SSSR count). The molecule has 2 fully saturated rings. The van der Waals surface area contributed by atoms with E-state index in [-0.39, 0.29) is 29.1 Å². The molecule has 4 heteroatoms. The Kier molecular flexibility index (Phi) is 2.94. The zero-order valence-corrected chi connectivity index (χ0v) is 13.9. The number of ether oxygens (including phenoxy) is 1. The van der Waals surface area contributed by atoms with E-state index in [1.165, 1.54) is 0 Å². The first-order chi connectivity index (χ1) is 10.8. The normalized spacial score (nSPS) is 34.6. The van der Waals surface area contributed by atoms with Gasteiger partial charge in [-0.15, -0.1) is 0 Å². The lowest BCUT2D eigenvalue weighted by Crippen LogP contribution is -2.46. The minimum atomic E-state index is -0.462. The molecule has 23 heavy (non-hydrogen) atoms. The van der Waals surface area contributed by atoms with Gasteiger partial charge in [0.15, 0.2) is 5.78 Å². The Bertz CT molecular complexity index is 690. The van der Waals surface area contributed by atoms with Gasteiger partial charge in [-0.25, -0.2) is 0 Å². The maximum absolute atomic E-state index is 12.5. The second kappa shape index (κ2) is 4.59. The zero-order valence-electron chi connectivity index (χ0n) is 13.9. The largest absolute Gasteiger partial charge is 0.486 e. The summed E-state index contributed by atoms with van der Waals surface area (Å²) in [5, 5.41) is 3.08. The molecule has 4 atom stereocenters. The van der Waals surface area contributed by atoms with Crippen LogP contribution in [0.1, 0.15) is 50.4 Å². The van der Waals surface area contributed by atoms with Crippen molar-refractivity contribution in [2.24, 2.45) is 17.8 Å². The van der Waals surface area contributed by atoms with Crippen LogP contribution in [-0.2, 0) is 4.79 Å². The lowest BCUT2D eigenvalue weighted by atomic mass is 9.84. The van der Waals surface area contributed by atoms with Crippen LogP contribution in [0.25, 0.3) is 0 Å². The smallest absolute Gasteiger partial charge is 0.224 e. The van der Waals surface area contributed by atoms with Gasteiger partial charge >= 0.3 is 0 Å². The summed E-state index contributed by atoms with van der Waals surface area (Å²) in [6.45, 7) is 5.99. The SMILES string of the molecule is CC(C)(C)NC(=O)[C@H]1[C@@H]2CC[C@@]3(CC(=O)c4ccccc4O3)[C@@H]21. The highest BCUT2D eigenvalue weighted by atomic mass is 16.5. The molecule has 1 heterocycles. The fourth-order valence-electron chi connectivity index (χ4n) is 4.57. The second-order valence-electron chi connectivity index (χ2n) is 8.26. The molecule has 4 nitrogen and oxygen atoms in total. The van der Waals surface area contributed by atoms with Crippen molar-refractivity contribution >= 4 is 11.7 Å². The fourth-order valence-corrected chi connectivity index (χ4v) is 4.57. The zero-order chi connectivity index (χ0) is 16.4. The maximum atomic E-state index is 12.5. The molecule has 1 N–H and O–H groups in total. The van der Waals surface area contributed by atoms with Crippen molar-refractivity contribution in [1.82, 2.24) is 5.32 Å². The number of amides is 1. The number of hydrogen-bond acceptors (Lipinski definition) is 3. The van der Waals surface area contributed by atoms with Gasteiger partial charge in [0.25, 0.3) is 0 Å². The van der Waals surface area contributed by atoms with Gasteiger partial charge in [-0.2, -0.15) is 0 Å². The van der Waals surface area contributed by atoms with Gasteiger partial charge in [0, 0.05) is 17.4 Å². The van der Waals surface area contributed by atoms with Crippen LogP contribution < -0.4 is 10.1 Å². The predicted octanol–water partition coefficient (Wildman–Crippen LogP) is 2.96. The van der Waals surface area contributed by atoms with E-state index in [1.807, 2.05) is 45.0 Å². The molecule has 122 valence electrons. The van der Waals surface area contributed by atoms with Crippen LogP contribution in [0.2, 0.25) is 0 Å². The summed E-state index contributed by atoms with van der Waals surface area (Å²) in [5.41, 5.74) is -0.00890. The van der Waals surface area contributed by atoms with Crippen molar-refractivity contribution in [3.05, 3.63) is 29.8 Å². The van der Waals surface area contributed by atoms with Gasteiger partial charge in [-0.1, -0.05) is 12.1 Å². The van der Waals surface area contributed by atoms with Gasteiger partial charge in [-0.05, 0) is 51.7 Å². The number of benzene rings is 1. The molecule has 1 aromatic rings. The van der Waals surface area contributed by atoms with Gasteiger partial charge in [-0.3, -0.25) is 9.59 Å². The van der Waals surface area contributed by atoms with Crippen LogP contribution in [0.4, 0.5) is 0 Å². The minimum absolute atomic E-state index is 0.000960. The standard InChI is InChI=1S/C19H23NO3/c1-18(2,3)20-17(22)15-12-8-9-19(16(12)15)10-13(21)11-6-4-5-7-14(11)23-19/h4-7,12,15-16H,8-10H2,1-3H3,(H,20,22)/t12-,15-,16-,19+/m0/s1. The number of para-hydroxylation sites is 1. The summed E-state index contributed by atoms with van der Waals surface area (Å²) in [6, 6.07) is 7.46. The highest BCUT2D eigenvalue weighted by molar-refractivity contribution is 6.00. The number of fused-ring (bicyclic) bond motifs is 3. The van der Waals surface area contributed by atoms with Gasteiger partial charge in [0.1, 0.15) is 11.4 Å². The van der Waals surface area contributed by atoms with E-state index in [0.29, 0.717) is 23.7 Å². The van der Waals surface area contributed by atoms with E-state index in [4.69, 9.17) is 4.74 Å². The second-order valence-corrected chi connectivity index (χ2v) is 8.26. The number of rotatable bonds is 1. The average Bonchev–Trinajstić information content (AvgIpc) is 3.10. The Morgan fingerprint density at radius 3 is 2.78 bits per heavy atom. The predicted molar refractivity (Wildman–Crippen MR) is 86.3 cm³/mol. The van der Waals surface area contributed by atoms with Crippen LogP contribution in [0.3, 0.4) is 0 Å². The first kappa shape index (κ1) is 14.7. The number of ketones is 1.